The van der Waals surface area contributed by atoms with Crippen LogP contribution in [0.2, 0.25) is 0 Å². The van der Waals surface area contributed by atoms with Gasteiger partial charge in [0.15, 0.2) is 0 Å². The fourth-order valence-electron chi connectivity index (χ4n) is 5.60. The average Bonchev–Trinajstić information content (AvgIpc) is 2.85. The highest BCUT2D eigenvalue weighted by Gasteiger charge is 2.44. The maximum Gasteiger partial charge on any atom is 0.253 e. The van der Waals surface area contributed by atoms with Crippen LogP contribution in [0.4, 0.5) is 5.69 Å². The Morgan fingerprint density at radius 1 is 1.23 bits per heavy atom. The zero-order valence-electron chi connectivity index (χ0n) is 20.7. The first-order chi connectivity index (χ1) is 16.8. The molecule has 0 aromatic heterocycles. The van der Waals surface area contributed by atoms with E-state index < -0.39 is 0 Å². The number of amides is 2. The fraction of sp³-hybridized carbons (Fsp3) is 0.481. The minimum Gasteiger partial charge on any atom is -0.387 e. The van der Waals surface area contributed by atoms with Crippen molar-refractivity contribution in [3.05, 3.63) is 63.3 Å². The number of halogens is 1. The molecule has 0 spiro atoms. The van der Waals surface area contributed by atoms with Crippen molar-refractivity contribution in [3.63, 3.8) is 0 Å². The van der Waals surface area contributed by atoms with Crippen LogP contribution in [0.15, 0.2) is 57.7 Å². The normalized spacial score (nSPS) is 26.4. The molecule has 1 saturated heterocycles. The second-order valence-electron chi connectivity index (χ2n) is 10.3. The summed E-state index contributed by atoms with van der Waals surface area (Å²) in [7, 11) is 3.54. The summed E-state index contributed by atoms with van der Waals surface area (Å²) in [6.07, 6.45) is 8.65. The van der Waals surface area contributed by atoms with Gasteiger partial charge in [0.05, 0.1) is 11.7 Å². The lowest BCUT2D eigenvalue weighted by Crippen LogP contribution is -2.55. The summed E-state index contributed by atoms with van der Waals surface area (Å²) in [5.41, 5.74) is 4.92. The zero-order valence-corrected chi connectivity index (χ0v) is 22.3. The van der Waals surface area contributed by atoms with E-state index in [0.717, 1.165) is 73.5 Å². The number of piperazine rings is 1. The molecule has 8 heteroatoms. The second-order valence-corrected chi connectivity index (χ2v) is 11.2. The molecule has 2 unspecified atom stereocenters. The first-order valence-corrected chi connectivity index (χ1v) is 13.2. The number of hydrogen-bond acceptors (Lipinski definition) is 5. The first-order valence-electron chi connectivity index (χ1n) is 12.4. The third-order valence-corrected chi connectivity index (χ3v) is 8.33. The van der Waals surface area contributed by atoms with E-state index in [1.807, 2.05) is 18.2 Å². The lowest BCUT2D eigenvalue weighted by molar-refractivity contribution is -0.119. The lowest BCUT2D eigenvalue weighted by Gasteiger charge is -2.45. The molecule has 1 aromatic carbocycles. The molecule has 0 saturated carbocycles. The molecule has 35 heavy (non-hydrogen) atoms. The highest BCUT2D eigenvalue weighted by Crippen LogP contribution is 2.42. The van der Waals surface area contributed by atoms with Gasteiger partial charge in [0.2, 0.25) is 5.91 Å². The Labute approximate surface area is 216 Å². The summed E-state index contributed by atoms with van der Waals surface area (Å²) >= 11 is 3.67. The van der Waals surface area contributed by atoms with Crippen LogP contribution in [0.1, 0.15) is 30.1 Å². The Morgan fingerprint density at radius 2 is 2.00 bits per heavy atom. The first kappa shape index (κ1) is 24.1. The van der Waals surface area contributed by atoms with Crippen molar-refractivity contribution in [2.75, 3.05) is 58.3 Å². The van der Waals surface area contributed by atoms with Gasteiger partial charge in [0.1, 0.15) is 0 Å². The molecule has 5 rings (SSSR count). The molecule has 2 amide bonds. The number of anilines is 1. The number of nitrogens with zero attached hydrogens (tertiary/aromatic N) is 3. The maximum absolute atomic E-state index is 12.7. The zero-order chi connectivity index (χ0) is 24.7. The van der Waals surface area contributed by atoms with Crippen LogP contribution >= 0.6 is 15.9 Å². The molecule has 0 radical (unpaired) electrons. The smallest absolute Gasteiger partial charge is 0.253 e. The summed E-state index contributed by atoms with van der Waals surface area (Å²) in [6, 6.07) is 5.85. The maximum atomic E-state index is 12.7. The van der Waals surface area contributed by atoms with Crippen LogP contribution in [0.3, 0.4) is 0 Å². The van der Waals surface area contributed by atoms with E-state index in [1.54, 1.807) is 19.0 Å². The van der Waals surface area contributed by atoms with Gasteiger partial charge in [-0.3, -0.25) is 14.5 Å². The van der Waals surface area contributed by atoms with E-state index in [1.165, 1.54) is 5.57 Å². The van der Waals surface area contributed by atoms with Crippen LogP contribution in [0, 0.1) is 5.41 Å². The number of carbonyl (C=O) groups excluding carboxylic acids is 2. The molecule has 2 N–H and O–H groups in total. The highest BCUT2D eigenvalue weighted by atomic mass is 79.9. The largest absolute Gasteiger partial charge is 0.387 e. The predicted molar refractivity (Wildman–Crippen MR) is 142 cm³/mol. The molecular weight excluding hydrogens is 506 g/mol. The standard InChI is InChI=1S/C27H34BrN5O2/c1-27-9-8-18(15-23(27)30-25(34)20-5-4-10-29-24(20)27)17-32-11-13-33(14-12-32)22-7-6-19(16-21(22)28)26(35)31(2)3/h6-9,15-16,23,29H,4-5,10-14,17H2,1-3H3,(H,30,34). The van der Waals surface area contributed by atoms with E-state index in [2.05, 4.69) is 61.5 Å². The third-order valence-electron chi connectivity index (χ3n) is 7.70. The predicted octanol–water partition coefficient (Wildman–Crippen LogP) is 2.91. The van der Waals surface area contributed by atoms with E-state index in [4.69, 9.17) is 0 Å². The van der Waals surface area contributed by atoms with E-state index in [9.17, 15) is 9.59 Å². The molecule has 4 aliphatic rings. The van der Waals surface area contributed by atoms with Gasteiger partial charge in [-0.1, -0.05) is 18.2 Å². The van der Waals surface area contributed by atoms with Gasteiger partial charge in [-0.15, -0.1) is 0 Å². The number of nitrogens with one attached hydrogen (secondary N) is 2. The summed E-state index contributed by atoms with van der Waals surface area (Å²) in [6.45, 7) is 7.81. The Bertz CT molecular complexity index is 1130. The van der Waals surface area contributed by atoms with Gasteiger partial charge in [-0.2, -0.15) is 0 Å². The van der Waals surface area contributed by atoms with Crippen molar-refractivity contribution in [1.29, 1.82) is 0 Å². The minimum absolute atomic E-state index is 0.00733. The Kier molecular flexibility index (Phi) is 6.53. The number of fused-ring (bicyclic) bond motifs is 2. The second kappa shape index (κ2) is 9.47. The van der Waals surface area contributed by atoms with E-state index in [0.29, 0.717) is 5.56 Å². The summed E-state index contributed by atoms with van der Waals surface area (Å²) in [4.78, 5) is 31.4. The number of benzene rings is 1. The van der Waals surface area contributed by atoms with E-state index in [-0.39, 0.29) is 23.3 Å². The molecule has 3 heterocycles. The van der Waals surface area contributed by atoms with E-state index >= 15 is 0 Å². The molecule has 1 aromatic rings. The highest BCUT2D eigenvalue weighted by molar-refractivity contribution is 9.10. The topological polar surface area (TPSA) is 67.9 Å². The van der Waals surface area contributed by atoms with Gasteiger partial charge >= 0.3 is 0 Å². The number of hydrogen-bond donors (Lipinski definition) is 2. The molecular formula is C27H34BrN5O2. The lowest BCUT2D eigenvalue weighted by atomic mass is 9.70. The average molecular weight is 541 g/mol. The molecule has 7 nitrogen and oxygen atoms in total. The Morgan fingerprint density at radius 3 is 2.71 bits per heavy atom. The van der Waals surface area contributed by atoms with Crippen LogP contribution in [0.25, 0.3) is 0 Å². The third kappa shape index (κ3) is 4.54. The van der Waals surface area contributed by atoms with Crippen LogP contribution < -0.4 is 15.5 Å². The molecule has 2 atom stereocenters. The van der Waals surface area contributed by atoms with Crippen molar-refractivity contribution < 1.29 is 9.59 Å². The monoisotopic (exact) mass is 539 g/mol. The summed E-state index contributed by atoms with van der Waals surface area (Å²) in [5.74, 6) is 0.0889. The van der Waals surface area contributed by atoms with Crippen LogP contribution in [0.5, 0.6) is 0 Å². The van der Waals surface area contributed by atoms with Crippen molar-refractivity contribution in [1.82, 2.24) is 20.4 Å². The van der Waals surface area contributed by atoms with Crippen LogP contribution in [-0.2, 0) is 4.79 Å². The fourth-order valence-corrected chi connectivity index (χ4v) is 6.23. The molecule has 1 aliphatic carbocycles. The molecule has 1 fully saturated rings. The summed E-state index contributed by atoms with van der Waals surface area (Å²) in [5, 5.41) is 6.78. The molecule has 0 bridgehead atoms. The van der Waals surface area contributed by atoms with Gasteiger partial charge in [0.25, 0.3) is 5.91 Å². The van der Waals surface area contributed by atoms with Gasteiger partial charge in [-0.05, 0) is 59.5 Å². The molecule has 186 valence electrons. The Balaban J connectivity index is 1.22. The van der Waals surface area contributed by atoms with Gasteiger partial charge in [-0.25, -0.2) is 0 Å². The van der Waals surface area contributed by atoms with Crippen molar-refractivity contribution in [3.8, 4) is 0 Å². The quantitative estimate of drug-likeness (QED) is 0.615. The van der Waals surface area contributed by atoms with Crippen LogP contribution in [-0.4, -0.2) is 81.0 Å². The SMILES string of the molecule is CN(C)C(=O)c1ccc(N2CCN(CC3=CC4NC(=O)C5=C(NCCC5)C4(C)C=C3)CC2)c(Br)c1. The van der Waals surface area contributed by atoms with Gasteiger partial charge in [0, 0.05) is 80.1 Å². The van der Waals surface area contributed by atoms with Crippen molar-refractivity contribution in [2.45, 2.75) is 25.8 Å². The number of rotatable bonds is 4. The molecule has 3 aliphatic heterocycles. The van der Waals surface area contributed by atoms with Crippen molar-refractivity contribution in [2.24, 2.45) is 5.41 Å². The minimum atomic E-state index is -0.196. The summed E-state index contributed by atoms with van der Waals surface area (Å²) < 4.78 is 0.953. The number of carbonyl (C=O) groups is 2. The van der Waals surface area contributed by atoms with Crippen molar-refractivity contribution >= 4 is 33.4 Å². The Hall–Kier alpha value is -2.58. The van der Waals surface area contributed by atoms with Gasteiger partial charge < -0.3 is 20.4 Å².